The number of aliphatic hydroxyl groups excluding tert-OH is 1. The molecule has 1 atom stereocenters. The van der Waals surface area contributed by atoms with Gasteiger partial charge in [-0.2, -0.15) is 0 Å². The average molecular weight is 440 g/mol. The van der Waals surface area contributed by atoms with Crippen LogP contribution in [0.2, 0.25) is 0 Å². The van der Waals surface area contributed by atoms with Crippen molar-refractivity contribution in [2.75, 3.05) is 36.5 Å². The van der Waals surface area contributed by atoms with Gasteiger partial charge in [-0.25, -0.2) is 4.79 Å². The van der Waals surface area contributed by atoms with Crippen LogP contribution in [0.5, 0.6) is 0 Å². The molecule has 0 aliphatic carbocycles. The number of amides is 2. The summed E-state index contributed by atoms with van der Waals surface area (Å²) in [4.78, 5) is 29.0. The van der Waals surface area contributed by atoms with Crippen molar-refractivity contribution in [1.29, 1.82) is 0 Å². The number of hydrogen-bond donors (Lipinski definition) is 2. The quantitative estimate of drug-likeness (QED) is 0.718. The van der Waals surface area contributed by atoms with Crippen LogP contribution in [0.1, 0.15) is 32.8 Å². The highest BCUT2D eigenvalue weighted by Crippen LogP contribution is 2.23. The predicted octanol–water partition coefficient (Wildman–Crippen LogP) is 3.68. The molecule has 7 heteroatoms. The molecular weight excluding hydrogens is 406 g/mol. The van der Waals surface area contributed by atoms with Crippen LogP contribution in [0.25, 0.3) is 0 Å². The highest BCUT2D eigenvalue weighted by atomic mass is 16.6. The summed E-state index contributed by atoms with van der Waals surface area (Å²) in [6, 6.07) is 17.4. The first kappa shape index (κ1) is 23.6. The molecule has 0 radical (unpaired) electrons. The fourth-order valence-electron chi connectivity index (χ4n) is 3.85. The van der Waals surface area contributed by atoms with E-state index in [0.717, 1.165) is 17.8 Å². The second-order valence-corrected chi connectivity index (χ2v) is 9.04. The van der Waals surface area contributed by atoms with Gasteiger partial charge >= 0.3 is 6.09 Å². The third-order valence-corrected chi connectivity index (χ3v) is 5.34. The molecule has 7 nitrogen and oxygen atoms in total. The minimum atomic E-state index is -0.561. The van der Waals surface area contributed by atoms with Crippen LogP contribution < -0.4 is 10.2 Å². The van der Waals surface area contributed by atoms with Gasteiger partial charge in [-0.15, -0.1) is 0 Å². The Morgan fingerprint density at radius 3 is 2.38 bits per heavy atom. The first-order chi connectivity index (χ1) is 15.2. The molecule has 1 unspecified atom stereocenters. The SMILES string of the molecule is CC(C)(C)OC(=O)Nc1ccc(CC(=O)N2CCN(c3ccccc3)C(CCO)C2)cc1. The van der Waals surface area contributed by atoms with E-state index in [-0.39, 0.29) is 18.6 Å². The van der Waals surface area contributed by atoms with E-state index in [4.69, 9.17) is 4.74 Å². The van der Waals surface area contributed by atoms with Crippen molar-refractivity contribution in [3.8, 4) is 0 Å². The predicted molar refractivity (Wildman–Crippen MR) is 126 cm³/mol. The number of rotatable bonds is 6. The summed E-state index contributed by atoms with van der Waals surface area (Å²) in [5.41, 5.74) is 2.06. The maximum Gasteiger partial charge on any atom is 0.412 e. The van der Waals surface area contributed by atoms with Crippen molar-refractivity contribution in [2.45, 2.75) is 45.3 Å². The molecular formula is C25H33N3O4. The largest absolute Gasteiger partial charge is 0.444 e. The second-order valence-electron chi connectivity index (χ2n) is 9.04. The van der Waals surface area contributed by atoms with E-state index in [1.807, 2.05) is 56.0 Å². The van der Waals surface area contributed by atoms with Crippen LogP contribution >= 0.6 is 0 Å². The van der Waals surface area contributed by atoms with Gasteiger partial charge in [0.05, 0.1) is 6.42 Å². The van der Waals surface area contributed by atoms with Crippen LogP contribution in [0.4, 0.5) is 16.2 Å². The van der Waals surface area contributed by atoms with Crippen molar-refractivity contribution < 1.29 is 19.4 Å². The van der Waals surface area contributed by atoms with Gasteiger partial charge < -0.3 is 19.6 Å². The number of hydrogen-bond acceptors (Lipinski definition) is 5. The zero-order chi connectivity index (χ0) is 23.1. The van der Waals surface area contributed by atoms with Gasteiger partial charge in [-0.1, -0.05) is 30.3 Å². The molecule has 2 aromatic rings. The number of anilines is 2. The van der Waals surface area contributed by atoms with E-state index in [9.17, 15) is 14.7 Å². The normalized spacial score (nSPS) is 16.6. The molecule has 0 spiro atoms. The number of aliphatic hydroxyl groups is 1. The summed E-state index contributed by atoms with van der Waals surface area (Å²) >= 11 is 0. The highest BCUT2D eigenvalue weighted by Gasteiger charge is 2.29. The zero-order valence-corrected chi connectivity index (χ0v) is 19.1. The number of para-hydroxylation sites is 1. The fraction of sp³-hybridized carbons (Fsp3) is 0.440. The van der Waals surface area contributed by atoms with Crippen molar-refractivity contribution >= 4 is 23.4 Å². The summed E-state index contributed by atoms with van der Waals surface area (Å²) in [5.74, 6) is 0.0634. The molecule has 2 aromatic carbocycles. The third-order valence-electron chi connectivity index (χ3n) is 5.34. The number of benzene rings is 2. The molecule has 2 N–H and O–H groups in total. The summed E-state index contributed by atoms with van der Waals surface area (Å²) in [7, 11) is 0. The first-order valence-electron chi connectivity index (χ1n) is 11.0. The van der Waals surface area contributed by atoms with E-state index in [2.05, 4.69) is 22.3 Å². The van der Waals surface area contributed by atoms with Gasteiger partial charge in [-0.3, -0.25) is 10.1 Å². The van der Waals surface area contributed by atoms with Gasteiger partial charge in [0, 0.05) is 43.7 Å². The fourth-order valence-corrected chi connectivity index (χ4v) is 3.85. The van der Waals surface area contributed by atoms with Crippen molar-refractivity contribution in [3.05, 3.63) is 60.2 Å². The number of carbonyl (C=O) groups is 2. The number of nitrogens with zero attached hydrogens (tertiary/aromatic N) is 2. The van der Waals surface area contributed by atoms with Crippen LogP contribution in [-0.2, 0) is 16.0 Å². The molecule has 1 heterocycles. The Bertz CT molecular complexity index is 894. The second kappa shape index (κ2) is 10.5. The minimum Gasteiger partial charge on any atom is -0.444 e. The van der Waals surface area contributed by atoms with Gasteiger partial charge in [0.25, 0.3) is 0 Å². The molecule has 1 aliphatic heterocycles. The topological polar surface area (TPSA) is 82.1 Å². The zero-order valence-electron chi connectivity index (χ0n) is 19.1. The molecule has 1 fully saturated rings. The molecule has 0 saturated carbocycles. The lowest BCUT2D eigenvalue weighted by molar-refractivity contribution is -0.131. The van der Waals surface area contributed by atoms with E-state index in [0.29, 0.717) is 31.6 Å². The number of nitrogens with one attached hydrogen (secondary N) is 1. The van der Waals surface area contributed by atoms with Gasteiger partial charge in [0.1, 0.15) is 5.60 Å². The smallest absolute Gasteiger partial charge is 0.412 e. The van der Waals surface area contributed by atoms with E-state index < -0.39 is 11.7 Å². The summed E-state index contributed by atoms with van der Waals surface area (Å²) in [6.45, 7) is 7.49. The Morgan fingerprint density at radius 2 is 1.75 bits per heavy atom. The molecule has 0 bridgehead atoms. The maximum atomic E-state index is 12.9. The minimum absolute atomic E-state index is 0.0634. The summed E-state index contributed by atoms with van der Waals surface area (Å²) in [5, 5.41) is 12.2. The van der Waals surface area contributed by atoms with Crippen LogP contribution in [-0.4, -0.2) is 59.9 Å². The van der Waals surface area contributed by atoms with Crippen molar-refractivity contribution in [1.82, 2.24) is 4.90 Å². The lowest BCUT2D eigenvalue weighted by atomic mass is 10.1. The number of ether oxygens (including phenoxy) is 1. The molecule has 0 aromatic heterocycles. The van der Waals surface area contributed by atoms with Crippen LogP contribution in [0.15, 0.2) is 54.6 Å². The molecule has 3 rings (SSSR count). The number of piperazine rings is 1. The maximum absolute atomic E-state index is 12.9. The average Bonchev–Trinajstić information content (AvgIpc) is 2.74. The van der Waals surface area contributed by atoms with E-state index in [1.165, 1.54) is 0 Å². The van der Waals surface area contributed by atoms with Crippen LogP contribution in [0.3, 0.4) is 0 Å². The lowest BCUT2D eigenvalue weighted by Gasteiger charge is -2.43. The standard InChI is InChI=1S/C25H33N3O4/c1-25(2,3)32-24(31)26-20-11-9-19(10-12-20)17-23(30)27-14-15-28(22(18-27)13-16-29)21-7-5-4-6-8-21/h4-12,22,29H,13-18H2,1-3H3,(H,26,31). The molecule has 1 aliphatic rings. The summed E-state index contributed by atoms with van der Waals surface area (Å²) < 4.78 is 5.25. The van der Waals surface area contributed by atoms with Gasteiger partial charge in [0.2, 0.25) is 5.91 Å². The molecule has 2 amide bonds. The lowest BCUT2D eigenvalue weighted by Crippen LogP contribution is -2.55. The molecule has 1 saturated heterocycles. The van der Waals surface area contributed by atoms with Crippen LogP contribution in [0, 0.1) is 0 Å². The molecule has 32 heavy (non-hydrogen) atoms. The Morgan fingerprint density at radius 1 is 1.06 bits per heavy atom. The third kappa shape index (κ3) is 6.72. The monoisotopic (exact) mass is 439 g/mol. The highest BCUT2D eigenvalue weighted by molar-refractivity contribution is 5.85. The Kier molecular flexibility index (Phi) is 7.75. The van der Waals surface area contributed by atoms with Gasteiger partial charge in [0.15, 0.2) is 0 Å². The Labute approximate surface area is 190 Å². The number of carbonyl (C=O) groups excluding carboxylic acids is 2. The van der Waals surface area contributed by atoms with Gasteiger partial charge in [-0.05, 0) is 57.0 Å². The Balaban J connectivity index is 1.57. The first-order valence-corrected chi connectivity index (χ1v) is 11.0. The Hall–Kier alpha value is -3.06. The summed E-state index contributed by atoms with van der Waals surface area (Å²) in [6.07, 6.45) is 0.403. The van der Waals surface area contributed by atoms with E-state index in [1.54, 1.807) is 12.1 Å². The van der Waals surface area contributed by atoms with Crippen molar-refractivity contribution in [2.24, 2.45) is 0 Å². The molecule has 172 valence electrons. The van der Waals surface area contributed by atoms with Crippen molar-refractivity contribution in [3.63, 3.8) is 0 Å². The van der Waals surface area contributed by atoms with E-state index >= 15 is 0 Å².